The van der Waals surface area contributed by atoms with Crippen LogP contribution in [0.1, 0.15) is 29.9 Å². The summed E-state index contributed by atoms with van der Waals surface area (Å²) in [5, 5.41) is 9.54. The van der Waals surface area contributed by atoms with E-state index in [-0.39, 0.29) is 18.4 Å². The Hall–Kier alpha value is -2.88. The first kappa shape index (κ1) is 17.9. The van der Waals surface area contributed by atoms with Crippen LogP contribution in [0.3, 0.4) is 0 Å². The molecule has 1 aliphatic heterocycles. The first-order valence-corrected chi connectivity index (χ1v) is 8.92. The van der Waals surface area contributed by atoms with Gasteiger partial charge in [0.05, 0.1) is 5.92 Å². The summed E-state index contributed by atoms with van der Waals surface area (Å²) in [6.07, 6.45) is 5.05. The number of benzene rings is 2. The number of likely N-dealkylation sites (tertiary alicyclic amines) is 1. The molecule has 4 nitrogen and oxygen atoms in total. The summed E-state index contributed by atoms with van der Waals surface area (Å²) in [5.41, 5.74) is 2.09. The molecule has 0 spiro atoms. The van der Waals surface area contributed by atoms with Gasteiger partial charge in [0, 0.05) is 25.4 Å². The number of carbonyl (C=O) groups excluding carboxylic acids is 1. The van der Waals surface area contributed by atoms with Crippen molar-refractivity contribution in [2.45, 2.75) is 18.8 Å². The molecule has 134 valence electrons. The summed E-state index contributed by atoms with van der Waals surface area (Å²) >= 11 is 0. The molecule has 0 saturated carbocycles. The fourth-order valence-electron chi connectivity index (χ4n) is 3.44. The third-order valence-corrected chi connectivity index (χ3v) is 4.85. The highest BCUT2D eigenvalue weighted by molar-refractivity contribution is 5.80. The lowest BCUT2D eigenvalue weighted by molar-refractivity contribution is -0.141. The molecule has 0 bridgehead atoms. The summed E-state index contributed by atoms with van der Waals surface area (Å²) in [7, 11) is 0. The molecule has 26 heavy (non-hydrogen) atoms. The van der Waals surface area contributed by atoms with Crippen LogP contribution in [0.4, 0.5) is 0 Å². The third kappa shape index (κ3) is 4.39. The Morgan fingerprint density at radius 1 is 1.00 bits per heavy atom. The number of hydrogen-bond acceptors (Lipinski definition) is 2. The molecule has 0 aliphatic carbocycles. The number of nitrogens with zero attached hydrogens (tertiary/aromatic N) is 1. The van der Waals surface area contributed by atoms with Gasteiger partial charge in [0.2, 0.25) is 5.91 Å². The minimum atomic E-state index is -0.835. The maximum Gasteiger partial charge on any atom is 0.308 e. The van der Waals surface area contributed by atoms with Crippen molar-refractivity contribution < 1.29 is 14.7 Å². The Morgan fingerprint density at radius 3 is 2.31 bits per heavy atom. The summed E-state index contributed by atoms with van der Waals surface area (Å²) in [5.74, 6) is -1.50. The normalized spacial score (nSPS) is 19.8. The van der Waals surface area contributed by atoms with Gasteiger partial charge in [-0.15, -0.1) is 0 Å². The van der Waals surface area contributed by atoms with Crippen molar-refractivity contribution in [1.29, 1.82) is 0 Å². The second-order valence-electron chi connectivity index (χ2n) is 6.61. The lowest BCUT2D eigenvalue weighted by Gasteiger charge is -2.16. The summed E-state index contributed by atoms with van der Waals surface area (Å²) in [6.45, 7) is 0.762. The van der Waals surface area contributed by atoms with Gasteiger partial charge in [-0.2, -0.15) is 0 Å². The fraction of sp³-hybridized carbons (Fsp3) is 0.273. The van der Waals surface area contributed by atoms with Gasteiger partial charge in [-0.1, -0.05) is 72.8 Å². The molecule has 1 fully saturated rings. The number of aliphatic carboxylic acids is 1. The third-order valence-electron chi connectivity index (χ3n) is 4.85. The van der Waals surface area contributed by atoms with Crippen LogP contribution in [0.25, 0.3) is 6.08 Å². The molecule has 1 heterocycles. The summed E-state index contributed by atoms with van der Waals surface area (Å²) in [4.78, 5) is 25.8. The van der Waals surface area contributed by atoms with E-state index >= 15 is 0 Å². The van der Waals surface area contributed by atoms with Crippen LogP contribution in [0.5, 0.6) is 0 Å². The Morgan fingerprint density at radius 2 is 1.65 bits per heavy atom. The zero-order valence-electron chi connectivity index (χ0n) is 14.6. The monoisotopic (exact) mass is 349 g/mol. The molecule has 1 N–H and O–H groups in total. The zero-order valence-corrected chi connectivity index (χ0v) is 14.6. The number of amides is 1. The minimum absolute atomic E-state index is 0.0207. The van der Waals surface area contributed by atoms with Gasteiger partial charge in [0.25, 0.3) is 0 Å². The maximum atomic E-state index is 12.5. The smallest absolute Gasteiger partial charge is 0.308 e. The van der Waals surface area contributed by atoms with E-state index < -0.39 is 11.9 Å². The maximum absolute atomic E-state index is 12.5. The molecule has 0 radical (unpaired) electrons. The minimum Gasteiger partial charge on any atom is -0.481 e. The second-order valence-corrected chi connectivity index (χ2v) is 6.61. The second kappa shape index (κ2) is 8.48. The molecule has 2 aromatic carbocycles. The van der Waals surface area contributed by atoms with Gasteiger partial charge in [-0.3, -0.25) is 9.59 Å². The van der Waals surface area contributed by atoms with Crippen LogP contribution in [0.2, 0.25) is 0 Å². The predicted molar refractivity (Wildman–Crippen MR) is 102 cm³/mol. The quantitative estimate of drug-likeness (QED) is 0.863. The SMILES string of the molecule is O=C(O)C1CN(C(=O)CC/C=C/c2ccccc2)CC1c1ccccc1. The fourth-order valence-corrected chi connectivity index (χ4v) is 3.44. The van der Waals surface area contributed by atoms with Crippen LogP contribution >= 0.6 is 0 Å². The van der Waals surface area contributed by atoms with E-state index in [4.69, 9.17) is 0 Å². The molecule has 2 unspecified atom stereocenters. The molecule has 1 aliphatic rings. The highest BCUT2D eigenvalue weighted by Crippen LogP contribution is 2.33. The van der Waals surface area contributed by atoms with E-state index in [2.05, 4.69) is 0 Å². The molecule has 4 heteroatoms. The van der Waals surface area contributed by atoms with E-state index in [9.17, 15) is 14.7 Å². The molecule has 1 saturated heterocycles. The summed E-state index contributed by atoms with van der Waals surface area (Å²) < 4.78 is 0. The van der Waals surface area contributed by atoms with Crippen molar-refractivity contribution in [1.82, 2.24) is 4.90 Å². The van der Waals surface area contributed by atoms with Gasteiger partial charge in [-0.25, -0.2) is 0 Å². The van der Waals surface area contributed by atoms with Crippen molar-refractivity contribution in [2.75, 3.05) is 13.1 Å². The Bertz CT molecular complexity index is 770. The van der Waals surface area contributed by atoms with E-state index in [1.54, 1.807) is 4.90 Å². The van der Waals surface area contributed by atoms with E-state index in [0.717, 1.165) is 11.1 Å². The van der Waals surface area contributed by atoms with E-state index in [0.29, 0.717) is 19.4 Å². The average Bonchev–Trinajstić information content (AvgIpc) is 3.12. The van der Waals surface area contributed by atoms with Crippen LogP contribution in [0, 0.1) is 5.92 Å². The van der Waals surface area contributed by atoms with Crippen LogP contribution in [-0.2, 0) is 9.59 Å². The molecular formula is C22H23NO3. The molecular weight excluding hydrogens is 326 g/mol. The first-order valence-electron chi connectivity index (χ1n) is 8.92. The molecule has 0 aromatic heterocycles. The van der Waals surface area contributed by atoms with Crippen LogP contribution in [0.15, 0.2) is 66.7 Å². The van der Waals surface area contributed by atoms with Gasteiger partial charge in [0.15, 0.2) is 0 Å². The molecule has 2 aromatic rings. The predicted octanol–water partition coefficient (Wildman–Crippen LogP) is 3.81. The van der Waals surface area contributed by atoms with Crippen molar-refractivity contribution in [3.8, 4) is 0 Å². The van der Waals surface area contributed by atoms with Crippen molar-refractivity contribution in [2.24, 2.45) is 5.92 Å². The van der Waals surface area contributed by atoms with Gasteiger partial charge < -0.3 is 10.0 Å². The molecule has 1 amide bonds. The number of carboxylic acids is 1. The van der Waals surface area contributed by atoms with Crippen molar-refractivity contribution in [3.63, 3.8) is 0 Å². The van der Waals surface area contributed by atoms with Gasteiger partial charge in [-0.05, 0) is 17.5 Å². The largest absolute Gasteiger partial charge is 0.481 e. The Kier molecular flexibility index (Phi) is 5.84. The van der Waals surface area contributed by atoms with E-state index in [1.165, 1.54) is 0 Å². The number of hydrogen-bond donors (Lipinski definition) is 1. The lowest BCUT2D eigenvalue weighted by atomic mass is 9.89. The number of carboxylic acid groups (broad SMARTS) is 1. The highest BCUT2D eigenvalue weighted by atomic mass is 16.4. The van der Waals surface area contributed by atoms with Crippen molar-refractivity contribution in [3.05, 3.63) is 77.9 Å². The highest BCUT2D eigenvalue weighted by Gasteiger charge is 2.39. The molecule has 2 atom stereocenters. The van der Waals surface area contributed by atoms with Gasteiger partial charge >= 0.3 is 5.97 Å². The Labute approximate surface area is 153 Å². The number of carbonyl (C=O) groups is 2. The van der Waals surface area contributed by atoms with Crippen LogP contribution < -0.4 is 0 Å². The lowest BCUT2D eigenvalue weighted by Crippen LogP contribution is -2.29. The summed E-state index contributed by atoms with van der Waals surface area (Å²) in [6, 6.07) is 19.6. The Balaban J connectivity index is 1.58. The standard InChI is InChI=1S/C22H23NO3/c24-21(14-8-7-11-17-9-3-1-4-10-17)23-15-19(20(16-23)22(25)26)18-12-5-2-6-13-18/h1-7,9-13,19-20H,8,14-16H2,(H,25,26)/b11-7+. The van der Waals surface area contributed by atoms with Crippen LogP contribution in [-0.4, -0.2) is 35.0 Å². The van der Waals surface area contributed by atoms with Crippen molar-refractivity contribution >= 4 is 18.0 Å². The van der Waals surface area contributed by atoms with Gasteiger partial charge in [0.1, 0.15) is 0 Å². The molecule has 3 rings (SSSR count). The first-order chi connectivity index (χ1) is 12.6. The van der Waals surface area contributed by atoms with E-state index in [1.807, 2.05) is 72.8 Å². The average molecular weight is 349 g/mol. The topological polar surface area (TPSA) is 57.6 Å². The number of rotatable bonds is 6. The zero-order chi connectivity index (χ0) is 18.4. The number of allylic oxidation sites excluding steroid dienone is 1.